The quantitative estimate of drug-likeness (QED) is 0.347. The van der Waals surface area contributed by atoms with Crippen molar-refractivity contribution in [2.75, 3.05) is 43.9 Å². The number of halogens is 3. The molecule has 0 spiro atoms. The first kappa shape index (κ1) is 26.6. The van der Waals surface area contributed by atoms with Crippen molar-refractivity contribution in [3.63, 3.8) is 0 Å². The molecule has 12 heteroatoms. The van der Waals surface area contributed by atoms with Gasteiger partial charge in [-0.2, -0.15) is 0 Å². The first-order valence-electron chi connectivity index (χ1n) is 11.4. The van der Waals surface area contributed by atoms with Crippen molar-refractivity contribution in [3.05, 3.63) is 69.5 Å². The highest BCUT2D eigenvalue weighted by Crippen LogP contribution is 2.37. The van der Waals surface area contributed by atoms with Crippen molar-refractivity contribution in [3.8, 4) is 5.75 Å². The number of hydrogen-bond acceptors (Lipinski definition) is 7. The fourth-order valence-electron chi connectivity index (χ4n) is 3.96. The third-order valence-corrected chi connectivity index (χ3v) is 6.81. The van der Waals surface area contributed by atoms with E-state index in [2.05, 4.69) is 15.1 Å². The molecule has 37 heavy (non-hydrogen) atoms. The van der Waals surface area contributed by atoms with Crippen LogP contribution >= 0.6 is 23.2 Å². The van der Waals surface area contributed by atoms with Crippen LogP contribution in [-0.4, -0.2) is 65.5 Å². The smallest absolute Gasteiger partial charge is 0.253 e. The Hall–Kier alpha value is -3.47. The van der Waals surface area contributed by atoms with E-state index in [4.69, 9.17) is 33.7 Å². The van der Waals surface area contributed by atoms with Crippen LogP contribution in [0.2, 0.25) is 10.0 Å². The van der Waals surface area contributed by atoms with Gasteiger partial charge in [0.1, 0.15) is 11.9 Å². The van der Waals surface area contributed by atoms with Gasteiger partial charge in [-0.15, -0.1) is 10.2 Å². The monoisotopic (exact) mass is 546 g/mol. The third-order valence-electron chi connectivity index (χ3n) is 6.10. The maximum absolute atomic E-state index is 14.0. The number of benzene rings is 2. The molecule has 2 N–H and O–H groups in total. The molecule has 9 nitrogen and oxygen atoms in total. The number of nitrogen functional groups attached to an aromatic ring is 1. The summed E-state index contributed by atoms with van der Waals surface area (Å²) in [6.45, 7) is 4.58. The Balaban J connectivity index is 1.54. The van der Waals surface area contributed by atoms with Crippen molar-refractivity contribution in [2.45, 2.75) is 13.0 Å². The number of anilines is 3. The predicted molar refractivity (Wildman–Crippen MR) is 140 cm³/mol. The second kappa shape index (κ2) is 11.3. The number of nitrogens with two attached hydrogens (primary N) is 1. The van der Waals surface area contributed by atoms with Gasteiger partial charge in [0, 0.05) is 48.4 Å². The van der Waals surface area contributed by atoms with E-state index in [9.17, 15) is 14.0 Å². The van der Waals surface area contributed by atoms with Gasteiger partial charge < -0.3 is 20.3 Å². The Bertz CT molecular complexity index is 1300. The van der Waals surface area contributed by atoms with E-state index in [0.717, 1.165) is 19.2 Å². The lowest BCUT2D eigenvalue weighted by Crippen LogP contribution is -2.47. The Morgan fingerprint density at radius 3 is 2.46 bits per heavy atom. The predicted octanol–water partition coefficient (Wildman–Crippen LogP) is 4.33. The number of likely N-dealkylation sites (N-methyl/N-ethyl adjacent to an activating group) is 1. The maximum Gasteiger partial charge on any atom is 0.253 e. The number of carbonyl (C=O) groups excluding carboxylic acids is 2. The van der Waals surface area contributed by atoms with Crippen LogP contribution in [0.15, 0.2) is 42.5 Å². The summed E-state index contributed by atoms with van der Waals surface area (Å²) in [5.41, 5.74) is 7.16. The Labute approximate surface area is 223 Å². The number of hydrogen-bond donors (Lipinski definition) is 1. The van der Waals surface area contributed by atoms with Crippen LogP contribution < -0.4 is 15.4 Å². The molecular weight excluding hydrogens is 522 g/mol. The summed E-state index contributed by atoms with van der Waals surface area (Å²) >= 11 is 12.3. The van der Waals surface area contributed by atoms with Gasteiger partial charge in [0.05, 0.1) is 10.7 Å². The zero-order valence-electron chi connectivity index (χ0n) is 20.2. The van der Waals surface area contributed by atoms with Gasteiger partial charge in [-0.05, 0) is 50.4 Å². The molecule has 1 aliphatic rings. The van der Waals surface area contributed by atoms with Gasteiger partial charge in [-0.1, -0.05) is 23.2 Å². The molecule has 0 saturated carbocycles. The molecule has 0 aliphatic carbocycles. The van der Waals surface area contributed by atoms with Crippen LogP contribution in [0.1, 0.15) is 28.9 Å². The topological polar surface area (TPSA) is 105 Å². The fourth-order valence-corrected chi connectivity index (χ4v) is 4.63. The minimum Gasteiger partial charge on any atom is -0.482 e. The molecule has 194 valence electrons. The standard InChI is InChI=1S/C25H25Cl2FN6O3/c1-15(22-18(26)7-8-19(28)23(22)27)37-20-13-21(30-31-24(20)29)34(14-35)17-5-3-16(4-6-17)25(36)33-11-9-32(2)10-12-33/h3-8,13-15H,9-12H2,1-2H3,(H2,29,31)/t15-/m0/s1. The molecule has 0 bridgehead atoms. The summed E-state index contributed by atoms with van der Waals surface area (Å²) < 4.78 is 19.9. The third kappa shape index (κ3) is 5.76. The molecule has 1 aromatic heterocycles. The van der Waals surface area contributed by atoms with Crippen molar-refractivity contribution in [1.82, 2.24) is 20.0 Å². The minimum absolute atomic E-state index is 0.0433. The summed E-state index contributed by atoms with van der Waals surface area (Å²) in [5.74, 6) is -0.523. The first-order valence-corrected chi connectivity index (χ1v) is 12.2. The van der Waals surface area contributed by atoms with E-state index >= 15 is 0 Å². The van der Waals surface area contributed by atoms with Crippen LogP contribution in [0.25, 0.3) is 0 Å². The largest absolute Gasteiger partial charge is 0.482 e. The van der Waals surface area contributed by atoms with E-state index in [-0.39, 0.29) is 38.9 Å². The van der Waals surface area contributed by atoms with Crippen molar-refractivity contribution < 1.29 is 18.7 Å². The van der Waals surface area contributed by atoms with Crippen LogP contribution in [-0.2, 0) is 4.79 Å². The summed E-state index contributed by atoms with van der Waals surface area (Å²) in [6.07, 6.45) is -0.232. The van der Waals surface area contributed by atoms with Gasteiger partial charge in [0.2, 0.25) is 6.41 Å². The fraction of sp³-hybridized carbons (Fsp3) is 0.280. The number of ether oxygens (including phenoxy) is 1. The van der Waals surface area contributed by atoms with Gasteiger partial charge in [0.25, 0.3) is 5.91 Å². The van der Waals surface area contributed by atoms with Gasteiger partial charge >= 0.3 is 0 Å². The second-order valence-electron chi connectivity index (χ2n) is 8.59. The molecular formula is C25H25Cl2FN6O3. The molecule has 2 aromatic carbocycles. The van der Waals surface area contributed by atoms with E-state index in [1.54, 1.807) is 36.1 Å². The Morgan fingerprint density at radius 1 is 1.14 bits per heavy atom. The lowest BCUT2D eigenvalue weighted by Gasteiger charge is -2.32. The summed E-state index contributed by atoms with van der Waals surface area (Å²) in [7, 11) is 2.02. The second-order valence-corrected chi connectivity index (χ2v) is 9.37. The maximum atomic E-state index is 14.0. The number of nitrogens with zero attached hydrogens (tertiary/aromatic N) is 5. The molecule has 4 rings (SSSR count). The molecule has 3 aromatic rings. The van der Waals surface area contributed by atoms with Crippen LogP contribution in [0.4, 0.5) is 21.7 Å². The van der Waals surface area contributed by atoms with Crippen molar-refractivity contribution in [1.29, 1.82) is 0 Å². The lowest BCUT2D eigenvalue weighted by molar-refractivity contribution is -0.106. The zero-order valence-corrected chi connectivity index (χ0v) is 21.7. The molecule has 1 fully saturated rings. The van der Waals surface area contributed by atoms with E-state index in [0.29, 0.717) is 30.8 Å². The summed E-state index contributed by atoms with van der Waals surface area (Å²) in [5, 5.41) is 7.95. The molecule has 1 atom stereocenters. The van der Waals surface area contributed by atoms with Gasteiger partial charge in [0.15, 0.2) is 17.4 Å². The number of amides is 2. The van der Waals surface area contributed by atoms with E-state index in [1.807, 2.05) is 7.05 Å². The SMILES string of the molecule is C[C@H](Oc1cc(N(C=O)c2ccc(C(=O)N3CCN(C)CC3)cc2)nnc1N)c1c(Cl)ccc(F)c1Cl. The minimum atomic E-state index is -0.792. The van der Waals surface area contributed by atoms with Gasteiger partial charge in [-0.25, -0.2) is 4.39 Å². The summed E-state index contributed by atoms with van der Waals surface area (Å²) in [6, 6.07) is 10.6. The Morgan fingerprint density at radius 2 is 1.81 bits per heavy atom. The number of carbonyl (C=O) groups is 2. The van der Waals surface area contributed by atoms with Crippen LogP contribution in [0.3, 0.4) is 0 Å². The molecule has 1 aliphatic heterocycles. The number of aromatic nitrogens is 2. The highest BCUT2D eigenvalue weighted by Gasteiger charge is 2.23. The lowest BCUT2D eigenvalue weighted by atomic mass is 10.1. The normalized spacial score (nSPS) is 14.8. The van der Waals surface area contributed by atoms with Crippen molar-refractivity contribution in [2.24, 2.45) is 0 Å². The molecule has 0 unspecified atom stereocenters. The van der Waals surface area contributed by atoms with Gasteiger partial charge in [-0.3, -0.25) is 14.5 Å². The average molecular weight is 547 g/mol. The van der Waals surface area contributed by atoms with Crippen LogP contribution in [0.5, 0.6) is 5.75 Å². The van der Waals surface area contributed by atoms with Crippen molar-refractivity contribution >= 4 is 52.8 Å². The van der Waals surface area contributed by atoms with Crippen LogP contribution in [0, 0.1) is 5.82 Å². The first-order chi connectivity index (χ1) is 17.7. The average Bonchev–Trinajstić information content (AvgIpc) is 2.89. The van der Waals surface area contributed by atoms with E-state index < -0.39 is 11.9 Å². The highest BCUT2D eigenvalue weighted by molar-refractivity contribution is 6.36. The number of piperazine rings is 1. The van der Waals surface area contributed by atoms with E-state index in [1.165, 1.54) is 17.0 Å². The Kier molecular flexibility index (Phi) is 8.11. The molecule has 2 amide bonds. The molecule has 2 heterocycles. The molecule has 1 saturated heterocycles. The summed E-state index contributed by atoms with van der Waals surface area (Å²) in [4.78, 5) is 30.0. The zero-order chi connectivity index (χ0) is 26.7. The number of rotatable bonds is 7. The molecule has 0 radical (unpaired) electrons. The highest BCUT2D eigenvalue weighted by atomic mass is 35.5.